The van der Waals surface area contributed by atoms with E-state index in [0.29, 0.717) is 13.1 Å². The molecule has 0 aliphatic rings. The highest BCUT2D eigenvalue weighted by atomic mass is 35.5. The molecule has 1 amide bonds. The Morgan fingerprint density at radius 3 is 2.62 bits per heavy atom. The van der Waals surface area contributed by atoms with Crippen molar-refractivity contribution < 1.29 is 24.9 Å². The molecule has 0 aromatic heterocycles. The highest BCUT2D eigenvalue weighted by Gasteiger charge is 2.19. The van der Waals surface area contributed by atoms with Crippen molar-refractivity contribution in [2.24, 2.45) is 0 Å². The van der Waals surface area contributed by atoms with E-state index in [4.69, 9.17) is 11.6 Å². The number of rotatable bonds is 10. The van der Waals surface area contributed by atoms with Crippen LogP contribution in [0.4, 0.5) is 17.1 Å². The highest BCUT2D eigenvalue weighted by molar-refractivity contribution is 6.32. The molecular formula is C19H21ClN4O5. The van der Waals surface area contributed by atoms with E-state index < -0.39 is 22.8 Å². The number of nitro benzene ring substituents is 1. The molecule has 0 radical (unpaired) electrons. The summed E-state index contributed by atoms with van der Waals surface area (Å²) >= 11 is 5.73. The topological polar surface area (TPSA) is 141 Å². The predicted molar refractivity (Wildman–Crippen MR) is 107 cm³/mol. The third-order valence-corrected chi connectivity index (χ3v) is 4.40. The molecule has 154 valence electrons. The van der Waals surface area contributed by atoms with Crippen LogP contribution in [0.25, 0.3) is 0 Å². The number of nitrogens with one attached hydrogen (secondary N) is 2. The van der Waals surface area contributed by atoms with Gasteiger partial charge in [-0.1, -0.05) is 23.7 Å². The summed E-state index contributed by atoms with van der Waals surface area (Å²) in [5.74, 6) is -1.96. The number of amides is 1. The lowest BCUT2D eigenvalue weighted by Crippen LogP contribution is -2.94. The Morgan fingerprint density at radius 1 is 1.21 bits per heavy atom. The summed E-state index contributed by atoms with van der Waals surface area (Å²) in [5.41, 5.74) is 1.83. The Morgan fingerprint density at radius 2 is 1.97 bits per heavy atom. The monoisotopic (exact) mass is 420 g/mol. The largest absolute Gasteiger partial charge is 0.544 e. The molecule has 29 heavy (non-hydrogen) atoms. The summed E-state index contributed by atoms with van der Waals surface area (Å²) in [4.78, 5) is 33.7. The van der Waals surface area contributed by atoms with Crippen LogP contribution in [-0.4, -0.2) is 35.9 Å². The van der Waals surface area contributed by atoms with Crippen molar-refractivity contribution >= 4 is 40.5 Å². The van der Waals surface area contributed by atoms with Gasteiger partial charge in [-0.3, -0.25) is 14.9 Å². The molecule has 0 bridgehead atoms. The second-order valence-electron chi connectivity index (χ2n) is 6.42. The molecule has 10 heteroatoms. The molecular weight excluding hydrogens is 400 g/mol. The summed E-state index contributed by atoms with van der Waals surface area (Å²) in [5, 5.41) is 29.3. The fourth-order valence-corrected chi connectivity index (χ4v) is 2.85. The average molecular weight is 421 g/mol. The van der Waals surface area contributed by atoms with Crippen LogP contribution in [0.15, 0.2) is 42.5 Å². The molecule has 0 unspecified atom stereocenters. The second-order valence-corrected chi connectivity index (χ2v) is 6.83. The van der Waals surface area contributed by atoms with Crippen LogP contribution in [-0.2, 0) is 9.59 Å². The molecule has 0 saturated carbocycles. The lowest BCUT2D eigenvalue weighted by molar-refractivity contribution is -0.680. The number of carbonyl (C=O) groups excluding carboxylic acids is 2. The first-order valence-electron chi connectivity index (χ1n) is 8.85. The number of carbonyl (C=O) groups is 2. The third-order valence-electron chi connectivity index (χ3n) is 4.08. The van der Waals surface area contributed by atoms with Crippen LogP contribution < -0.4 is 21.1 Å². The molecule has 4 N–H and O–H groups in total. The Balaban J connectivity index is 1.86. The maximum atomic E-state index is 12.1. The van der Waals surface area contributed by atoms with Crippen LogP contribution >= 0.6 is 11.6 Å². The van der Waals surface area contributed by atoms with Gasteiger partial charge in [0.05, 0.1) is 30.4 Å². The first kappa shape index (κ1) is 22.1. The molecule has 0 fully saturated rings. The number of quaternary nitrogens is 1. The SMILES string of the molecule is Cc1cccc(NCC[NH2+][C@H](CC(=O)Nc2ccc(Cl)c([N+](=O)[O-])c2)C(=O)[O-])c1. The zero-order valence-electron chi connectivity index (χ0n) is 15.7. The molecule has 0 saturated heterocycles. The van der Waals surface area contributed by atoms with Crippen molar-refractivity contribution in [2.75, 3.05) is 23.7 Å². The van der Waals surface area contributed by atoms with Gasteiger partial charge in [-0.2, -0.15) is 0 Å². The van der Waals surface area contributed by atoms with Crippen molar-refractivity contribution in [1.82, 2.24) is 0 Å². The van der Waals surface area contributed by atoms with Gasteiger partial charge in [-0.05, 0) is 36.8 Å². The Labute approximate surface area is 172 Å². The van der Waals surface area contributed by atoms with E-state index in [1.807, 2.05) is 31.2 Å². The molecule has 0 aliphatic carbocycles. The number of aryl methyl sites for hydroxylation is 1. The van der Waals surface area contributed by atoms with E-state index in [0.717, 1.165) is 17.3 Å². The number of hydrogen-bond acceptors (Lipinski definition) is 6. The van der Waals surface area contributed by atoms with Crippen molar-refractivity contribution in [2.45, 2.75) is 19.4 Å². The van der Waals surface area contributed by atoms with E-state index >= 15 is 0 Å². The average Bonchev–Trinajstić information content (AvgIpc) is 2.65. The molecule has 0 spiro atoms. The second kappa shape index (κ2) is 10.4. The number of halogens is 1. The molecule has 9 nitrogen and oxygen atoms in total. The number of carboxylic acid groups (broad SMARTS) is 1. The molecule has 1 atom stereocenters. The number of benzene rings is 2. The Bertz CT molecular complexity index is 906. The van der Waals surface area contributed by atoms with Crippen LogP contribution in [0.5, 0.6) is 0 Å². The predicted octanol–water partition coefficient (Wildman–Crippen LogP) is 0.679. The van der Waals surface area contributed by atoms with Gasteiger partial charge < -0.3 is 25.9 Å². The van der Waals surface area contributed by atoms with Crippen molar-refractivity contribution in [3.05, 3.63) is 63.2 Å². The Hall–Kier alpha value is -3.17. The number of nitro groups is 1. The van der Waals surface area contributed by atoms with Crippen molar-refractivity contribution in [3.8, 4) is 0 Å². The standard InChI is InChI=1S/C19H21ClN4O5/c1-12-3-2-4-13(9-12)21-7-8-22-16(19(26)27)11-18(25)23-14-5-6-15(20)17(10-14)24(28)29/h2-6,9-10,16,21-22H,7-8,11H2,1H3,(H,23,25)(H,26,27)/t16-/m1/s1. The fraction of sp³-hybridized carbons (Fsp3) is 0.263. The highest BCUT2D eigenvalue weighted by Crippen LogP contribution is 2.27. The van der Waals surface area contributed by atoms with Gasteiger partial charge in [-0.15, -0.1) is 0 Å². The number of hydrogen-bond donors (Lipinski definition) is 3. The van der Waals surface area contributed by atoms with E-state index in [-0.39, 0.29) is 22.8 Å². The van der Waals surface area contributed by atoms with Crippen LogP contribution in [0.1, 0.15) is 12.0 Å². The number of aliphatic carboxylic acids is 1. The first-order chi connectivity index (χ1) is 13.8. The number of nitrogens with zero attached hydrogens (tertiary/aromatic N) is 1. The zero-order valence-corrected chi connectivity index (χ0v) is 16.4. The summed E-state index contributed by atoms with van der Waals surface area (Å²) in [6, 6.07) is 10.5. The quantitative estimate of drug-likeness (QED) is 0.293. The van der Waals surface area contributed by atoms with Gasteiger partial charge >= 0.3 is 0 Å². The normalized spacial score (nSPS) is 11.5. The molecule has 2 aromatic carbocycles. The van der Waals surface area contributed by atoms with Gasteiger partial charge in [0, 0.05) is 17.4 Å². The number of anilines is 2. The smallest absolute Gasteiger partial charge is 0.289 e. The maximum Gasteiger partial charge on any atom is 0.289 e. The van der Waals surface area contributed by atoms with E-state index in [9.17, 15) is 24.8 Å². The van der Waals surface area contributed by atoms with Crippen molar-refractivity contribution in [3.63, 3.8) is 0 Å². The summed E-state index contributed by atoms with van der Waals surface area (Å²) in [6.45, 7) is 2.88. The maximum absolute atomic E-state index is 12.1. The molecule has 0 aliphatic heterocycles. The van der Waals surface area contributed by atoms with Gasteiger partial charge in [0.15, 0.2) is 0 Å². The fourth-order valence-electron chi connectivity index (χ4n) is 2.66. The van der Waals surface area contributed by atoms with Gasteiger partial charge in [0.25, 0.3) is 5.69 Å². The summed E-state index contributed by atoms with van der Waals surface area (Å²) in [7, 11) is 0. The lowest BCUT2D eigenvalue weighted by Gasteiger charge is -2.17. The minimum absolute atomic E-state index is 0.0601. The van der Waals surface area contributed by atoms with E-state index in [2.05, 4.69) is 10.6 Å². The summed E-state index contributed by atoms with van der Waals surface area (Å²) < 4.78 is 0. The third kappa shape index (κ3) is 7.05. The van der Waals surface area contributed by atoms with Gasteiger partial charge in [0.1, 0.15) is 11.1 Å². The van der Waals surface area contributed by atoms with Crippen LogP contribution in [0.2, 0.25) is 5.02 Å². The number of nitrogens with two attached hydrogens (primary N) is 1. The lowest BCUT2D eigenvalue weighted by atomic mass is 10.2. The molecule has 2 aromatic rings. The van der Waals surface area contributed by atoms with E-state index in [1.54, 1.807) is 0 Å². The minimum atomic E-state index is -1.36. The zero-order chi connectivity index (χ0) is 21.4. The summed E-state index contributed by atoms with van der Waals surface area (Å²) in [6.07, 6.45) is -0.344. The molecule has 0 heterocycles. The van der Waals surface area contributed by atoms with Gasteiger partial charge in [0.2, 0.25) is 5.91 Å². The van der Waals surface area contributed by atoms with Gasteiger partial charge in [-0.25, -0.2) is 0 Å². The number of carboxylic acids is 1. The van der Waals surface area contributed by atoms with Crippen LogP contribution in [0.3, 0.4) is 0 Å². The van der Waals surface area contributed by atoms with Crippen molar-refractivity contribution in [1.29, 1.82) is 0 Å². The van der Waals surface area contributed by atoms with Crippen LogP contribution in [0, 0.1) is 17.0 Å². The molecule has 2 rings (SSSR count). The minimum Gasteiger partial charge on any atom is -0.544 e. The first-order valence-corrected chi connectivity index (χ1v) is 9.22. The Kier molecular flexibility index (Phi) is 7.93. The van der Waals surface area contributed by atoms with E-state index in [1.165, 1.54) is 17.4 Å².